The summed E-state index contributed by atoms with van der Waals surface area (Å²) in [7, 11) is 2.74. The Kier molecular flexibility index (Phi) is 6.64. The van der Waals surface area contributed by atoms with Gasteiger partial charge in [0.15, 0.2) is 0 Å². The van der Waals surface area contributed by atoms with E-state index in [0.29, 0.717) is 10.7 Å². The molecule has 0 aromatic heterocycles. The molecule has 21 heavy (non-hydrogen) atoms. The number of methoxy groups -OCH3 is 1. The number of nitrogens with zero attached hydrogens (tertiary/aromatic N) is 1. The molecular formula is C13H16ClN3O4. The van der Waals surface area contributed by atoms with E-state index in [1.807, 2.05) is 5.32 Å². The zero-order valence-electron chi connectivity index (χ0n) is 11.7. The fraction of sp³-hybridized carbons (Fsp3) is 0.308. The third kappa shape index (κ3) is 6.73. The Bertz CT molecular complexity index is 519. The number of benzene rings is 1. The van der Waals surface area contributed by atoms with E-state index in [1.54, 1.807) is 31.3 Å². The molecule has 0 heterocycles. The second-order valence-corrected chi connectivity index (χ2v) is 4.70. The van der Waals surface area contributed by atoms with Crippen LogP contribution in [-0.4, -0.2) is 50.1 Å². The molecule has 8 heteroatoms. The molecule has 1 rings (SSSR count). The van der Waals surface area contributed by atoms with Crippen LogP contribution in [0.5, 0.6) is 0 Å². The summed E-state index contributed by atoms with van der Waals surface area (Å²) < 4.78 is 4.29. The van der Waals surface area contributed by atoms with Crippen molar-refractivity contribution in [3.63, 3.8) is 0 Å². The average Bonchev–Trinajstić information content (AvgIpc) is 2.40. The number of imide groups is 1. The van der Waals surface area contributed by atoms with Gasteiger partial charge in [-0.25, -0.2) is 4.79 Å². The molecule has 0 bridgehead atoms. The zero-order chi connectivity index (χ0) is 15.8. The minimum Gasteiger partial charge on any atom is -0.453 e. The number of likely N-dealkylation sites (N-methyl/N-ethyl adjacent to an activating group) is 1. The lowest BCUT2D eigenvalue weighted by atomic mass is 10.3. The number of carbonyl (C=O) groups is 3. The number of hydrogen-bond acceptors (Lipinski definition) is 5. The topological polar surface area (TPSA) is 87.7 Å². The molecule has 0 aliphatic heterocycles. The fourth-order valence-corrected chi connectivity index (χ4v) is 1.61. The predicted octanol–water partition coefficient (Wildman–Crippen LogP) is 1.09. The van der Waals surface area contributed by atoms with Gasteiger partial charge in [-0.2, -0.15) is 0 Å². The summed E-state index contributed by atoms with van der Waals surface area (Å²) in [5, 5.41) is 5.24. The zero-order valence-corrected chi connectivity index (χ0v) is 12.4. The summed E-state index contributed by atoms with van der Waals surface area (Å²) in [6.45, 7) is -0.111. The summed E-state index contributed by atoms with van der Waals surface area (Å²) >= 11 is 5.74. The van der Waals surface area contributed by atoms with Crippen molar-refractivity contribution in [1.82, 2.24) is 10.2 Å². The standard InChI is InChI=1S/C13H16ClN3O4/c1-17(8-12(19)16-13(20)21-2)7-11(18)15-10-5-3-9(14)4-6-10/h3-6H,7-8H2,1-2H3,(H,15,18)(H,16,19,20). The van der Waals surface area contributed by atoms with Crippen molar-refractivity contribution in [1.29, 1.82) is 0 Å². The lowest BCUT2D eigenvalue weighted by molar-refractivity contribution is -0.122. The summed E-state index contributed by atoms with van der Waals surface area (Å²) in [6, 6.07) is 6.66. The highest BCUT2D eigenvalue weighted by atomic mass is 35.5. The van der Waals surface area contributed by atoms with Crippen LogP contribution in [0.2, 0.25) is 5.02 Å². The Labute approximate surface area is 127 Å². The molecule has 0 aliphatic carbocycles. The molecular weight excluding hydrogens is 298 g/mol. The van der Waals surface area contributed by atoms with Crippen molar-refractivity contribution >= 4 is 35.2 Å². The molecule has 0 unspecified atom stereocenters. The third-order valence-electron chi connectivity index (χ3n) is 2.38. The van der Waals surface area contributed by atoms with Crippen LogP contribution < -0.4 is 10.6 Å². The van der Waals surface area contributed by atoms with Crippen LogP contribution in [-0.2, 0) is 14.3 Å². The van der Waals surface area contributed by atoms with Gasteiger partial charge in [0.25, 0.3) is 0 Å². The van der Waals surface area contributed by atoms with Crippen LogP contribution in [0.25, 0.3) is 0 Å². The lowest BCUT2D eigenvalue weighted by Crippen LogP contribution is -2.41. The summed E-state index contributed by atoms with van der Waals surface area (Å²) in [6.07, 6.45) is -0.834. The van der Waals surface area contributed by atoms with E-state index < -0.39 is 12.0 Å². The first-order chi connectivity index (χ1) is 9.90. The highest BCUT2D eigenvalue weighted by Gasteiger charge is 2.13. The Balaban J connectivity index is 2.38. The van der Waals surface area contributed by atoms with Gasteiger partial charge in [0, 0.05) is 10.7 Å². The van der Waals surface area contributed by atoms with Gasteiger partial charge in [-0.1, -0.05) is 11.6 Å². The van der Waals surface area contributed by atoms with Crippen molar-refractivity contribution in [3.8, 4) is 0 Å². The van der Waals surface area contributed by atoms with E-state index in [-0.39, 0.29) is 19.0 Å². The van der Waals surface area contributed by atoms with Gasteiger partial charge in [0.05, 0.1) is 20.2 Å². The molecule has 0 atom stereocenters. The highest BCUT2D eigenvalue weighted by Crippen LogP contribution is 2.13. The number of rotatable bonds is 5. The highest BCUT2D eigenvalue weighted by molar-refractivity contribution is 6.30. The molecule has 0 saturated heterocycles. The number of hydrogen-bond donors (Lipinski definition) is 2. The van der Waals surface area contributed by atoms with Crippen LogP contribution >= 0.6 is 11.6 Å². The lowest BCUT2D eigenvalue weighted by Gasteiger charge is -2.15. The number of halogens is 1. The van der Waals surface area contributed by atoms with Crippen molar-refractivity contribution in [3.05, 3.63) is 29.3 Å². The molecule has 7 nitrogen and oxygen atoms in total. The van der Waals surface area contributed by atoms with Crippen molar-refractivity contribution < 1.29 is 19.1 Å². The van der Waals surface area contributed by atoms with E-state index in [9.17, 15) is 14.4 Å². The van der Waals surface area contributed by atoms with E-state index in [4.69, 9.17) is 11.6 Å². The van der Waals surface area contributed by atoms with Gasteiger partial charge in [0.1, 0.15) is 0 Å². The SMILES string of the molecule is COC(=O)NC(=O)CN(C)CC(=O)Nc1ccc(Cl)cc1. The van der Waals surface area contributed by atoms with E-state index in [2.05, 4.69) is 10.1 Å². The predicted molar refractivity (Wildman–Crippen MR) is 78.1 cm³/mol. The van der Waals surface area contributed by atoms with Gasteiger partial charge in [-0.05, 0) is 31.3 Å². The molecule has 0 radical (unpaired) electrons. The fourth-order valence-electron chi connectivity index (χ4n) is 1.48. The second kappa shape index (κ2) is 8.23. The molecule has 0 fully saturated rings. The quantitative estimate of drug-likeness (QED) is 0.849. The Morgan fingerprint density at radius 2 is 1.71 bits per heavy atom. The average molecular weight is 314 g/mol. The number of nitrogens with one attached hydrogen (secondary N) is 2. The van der Waals surface area contributed by atoms with Crippen LogP contribution in [0.1, 0.15) is 0 Å². The Hall–Kier alpha value is -2.12. The van der Waals surface area contributed by atoms with E-state index >= 15 is 0 Å². The number of amides is 3. The maximum Gasteiger partial charge on any atom is 0.413 e. The smallest absolute Gasteiger partial charge is 0.413 e. The molecule has 1 aromatic rings. The maximum absolute atomic E-state index is 11.8. The van der Waals surface area contributed by atoms with Gasteiger partial charge in [-0.15, -0.1) is 0 Å². The second-order valence-electron chi connectivity index (χ2n) is 4.27. The van der Waals surface area contributed by atoms with Crippen molar-refractivity contribution in [2.45, 2.75) is 0 Å². The minimum absolute atomic E-state index is 0.00276. The molecule has 114 valence electrons. The van der Waals surface area contributed by atoms with E-state index in [0.717, 1.165) is 7.11 Å². The van der Waals surface area contributed by atoms with Crippen LogP contribution in [0.3, 0.4) is 0 Å². The van der Waals surface area contributed by atoms with Crippen molar-refractivity contribution in [2.75, 3.05) is 32.6 Å². The van der Waals surface area contributed by atoms with Gasteiger partial charge in [0.2, 0.25) is 11.8 Å². The Morgan fingerprint density at radius 3 is 2.29 bits per heavy atom. The summed E-state index contributed by atoms with van der Waals surface area (Å²) in [5.41, 5.74) is 0.608. The number of alkyl carbamates (subject to hydrolysis) is 1. The molecule has 0 aliphatic rings. The summed E-state index contributed by atoms with van der Waals surface area (Å²) in [4.78, 5) is 35.5. The van der Waals surface area contributed by atoms with Gasteiger partial charge >= 0.3 is 6.09 Å². The minimum atomic E-state index is -0.834. The molecule has 2 N–H and O–H groups in total. The number of carbonyl (C=O) groups excluding carboxylic acids is 3. The van der Waals surface area contributed by atoms with Gasteiger partial charge in [-0.3, -0.25) is 19.8 Å². The van der Waals surface area contributed by atoms with Crippen LogP contribution in [0.15, 0.2) is 24.3 Å². The molecule has 3 amide bonds. The van der Waals surface area contributed by atoms with Crippen LogP contribution in [0, 0.1) is 0 Å². The first-order valence-corrected chi connectivity index (χ1v) is 6.40. The van der Waals surface area contributed by atoms with E-state index in [1.165, 1.54) is 4.90 Å². The first kappa shape index (κ1) is 16.9. The molecule has 1 aromatic carbocycles. The maximum atomic E-state index is 11.8. The monoisotopic (exact) mass is 313 g/mol. The third-order valence-corrected chi connectivity index (χ3v) is 2.63. The molecule has 0 spiro atoms. The summed E-state index contributed by atoms with van der Waals surface area (Å²) in [5.74, 6) is -0.839. The van der Waals surface area contributed by atoms with Gasteiger partial charge < -0.3 is 10.1 Å². The normalized spacial score (nSPS) is 10.1. The van der Waals surface area contributed by atoms with Crippen LogP contribution in [0.4, 0.5) is 10.5 Å². The number of ether oxygens (including phenoxy) is 1. The largest absolute Gasteiger partial charge is 0.453 e. The number of anilines is 1. The van der Waals surface area contributed by atoms with Crippen molar-refractivity contribution in [2.24, 2.45) is 0 Å². The first-order valence-electron chi connectivity index (χ1n) is 6.02. The molecule has 0 saturated carbocycles. The Morgan fingerprint density at radius 1 is 1.14 bits per heavy atom.